The molecule has 3 aromatic rings. The van der Waals surface area contributed by atoms with Gasteiger partial charge >= 0.3 is 0 Å². The van der Waals surface area contributed by atoms with Crippen LogP contribution in [0.5, 0.6) is 0 Å². The summed E-state index contributed by atoms with van der Waals surface area (Å²) < 4.78 is 0. The lowest BCUT2D eigenvalue weighted by atomic mass is 10.0. The topological polar surface area (TPSA) is 41.1 Å². The predicted molar refractivity (Wildman–Crippen MR) is 102 cm³/mol. The van der Waals surface area contributed by atoms with Crippen molar-refractivity contribution in [3.8, 4) is 0 Å². The van der Waals surface area contributed by atoms with Crippen molar-refractivity contribution in [2.75, 3.05) is 17.2 Å². The maximum atomic E-state index is 12.3. The van der Waals surface area contributed by atoms with Gasteiger partial charge in [-0.15, -0.1) is 0 Å². The van der Waals surface area contributed by atoms with Gasteiger partial charge in [-0.05, 0) is 29.0 Å². The highest BCUT2D eigenvalue weighted by Crippen LogP contribution is 2.24. The first kappa shape index (κ1) is 16.1. The number of hydrogen-bond donors (Lipinski definition) is 2. The molecule has 3 aromatic carbocycles. The second-order valence-electron chi connectivity index (χ2n) is 6.17. The number of anilines is 2. The largest absolute Gasteiger partial charge is 0.376 e. The number of nitrogens with one attached hydrogen (secondary N) is 2. The number of rotatable bonds is 5. The molecule has 0 fully saturated rings. The molecule has 0 unspecified atom stereocenters. The third-order valence-corrected chi connectivity index (χ3v) is 4.09. The number of carbonyl (C=O) groups is 1. The molecule has 0 atom stereocenters. The van der Waals surface area contributed by atoms with E-state index in [0.29, 0.717) is 5.92 Å². The molecule has 0 bridgehead atoms. The fraction of sp³-hybridized carbons (Fsp3) is 0.190. The molecular weight excluding hydrogens is 296 g/mol. The number of para-hydroxylation sites is 1. The summed E-state index contributed by atoms with van der Waals surface area (Å²) in [6, 6.07) is 22.1. The number of carbonyl (C=O) groups excluding carboxylic acids is 1. The summed E-state index contributed by atoms with van der Waals surface area (Å²) in [6.45, 7) is 4.54. The van der Waals surface area contributed by atoms with E-state index in [0.717, 1.165) is 22.1 Å². The summed E-state index contributed by atoms with van der Waals surface area (Å²) in [6.07, 6.45) is 0. The Morgan fingerprint density at radius 2 is 1.54 bits per heavy atom. The molecule has 3 nitrogen and oxygen atoms in total. The van der Waals surface area contributed by atoms with Gasteiger partial charge in [0.05, 0.1) is 6.54 Å². The van der Waals surface area contributed by atoms with Gasteiger partial charge in [0.1, 0.15) is 0 Å². The summed E-state index contributed by atoms with van der Waals surface area (Å²) in [5.74, 6) is 0.361. The first-order valence-electron chi connectivity index (χ1n) is 8.25. The molecule has 24 heavy (non-hydrogen) atoms. The van der Waals surface area contributed by atoms with Crippen LogP contribution in [0.4, 0.5) is 11.4 Å². The summed E-state index contributed by atoms with van der Waals surface area (Å²) in [4.78, 5) is 12.3. The van der Waals surface area contributed by atoms with E-state index in [1.165, 1.54) is 5.56 Å². The highest BCUT2D eigenvalue weighted by Gasteiger charge is 2.08. The molecule has 0 radical (unpaired) electrons. The molecule has 0 aromatic heterocycles. The Hall–Kier alpha value is -2.81. The average molecular weight is 318 g/mol. The molecule has 2 N–H and O–H groups in total. The Balaban J connectivity index is 1.70. The van der Waals surface area contributed by atoms with Gasteiger partial charge < -0.3 is 10.6 Å². The minimum Gasteiger partial charge on any atom is -0.376 e. The minimum atomic E-state index is -0.0510. The summed E-state index contributed by atoms with van der Waals surface area (Å²) in [5.41, 5.74) is 3.08. The van der Waals surface area contributed by atoms with Crippen LogP contribution < -0.4 is 10.6 Å². The third-order valence-electron chi connectivity index (χ3n) is 4.09. The van der Waals surface area contributed by atoms with Crippen LogP contribution in [0.15, 0.2) is 66.7 Å². The lowest BCUT2D eigenvalue weighted by Crippen LogP contribution is -2.22. The zero-order chi connectivity index (χ0) is 16.9. The van der Waals surface area contributed by atoms with Crippen LogP contribution >= 0.6 is 0 Å². The lowest BCUT2D eigenvalue weighted by Gasteiger charge is -2.15. The van der Waals surface area contributed by atoms with Crippen LogP contribution in [0, 0.1) is 0 Å². The molecule has 3 rings (SSSR count). The Kier molecular flexibility index (Phi) is 4.80. The van der Waals surface area contributed by atoms with Crippen LogP contribution in [0.2, 0.25) is 0 Å². The van der Waals surface area contributed by atoms with Gasteiger partial charge in [0.2, 0.25) is 5.91 Å². The van der Waals surface area contributed by atoms with E-state index in [9.17, 15) is 4.79 Å². The van der Waals surface area contributed by atoms with Crippen molar-refractivity contribution in [1.29, 1.82) is 0 Å². The molecule has 3 heteroatoms. The molecule has 0 saturated carbocycles. The Morgan fingerprint density at radius 3 is 2.38 bits per heavy atom. The SMILES string of the molecule is CC(C)c1ccccc1NCC(=O)Nc1cccc2ccccc12. The summed E-state index contributed by atoms with van der Waals surface area (Å²) in [7, 11) is 0. The molecule has 0 aliphatic heterocycles. The molecule has 0 heterocycles. The maximum Gasteiger partial charge on any atom is 0.243 e. The first-order valence-corrected chi connectivity index (χ1v) is 8.25. The normalized spacial score (nSPS) is 10.8. The van der Waals surface area contributed by atoms with Crippen LogP contribution in [-0.4, -0.2) is 12.5 Å². The van der Waals surface area contributed by atoms with E-state index in [4.69, 9.17) is 0 Å². The monoisotopic (exact) mass is 318 g/mol. The number of hydrogen-bond acceptors (Lipinski definition) is 2. The zero-order valence-corrected chi connectivity index (χ0v) is 14.0. The molecular formula is C21H22N2O. The third kappa shape index (κ3) is 3.57. The zero-order valence-electron chi connectivity index (χ0n) is 14.0. The van der Waals surface area contributed by atoms with Crippen molar-refractivity contribution in [3.05, 3.63) is 72.3 Å². The Bertz CT molecular complexity index is 850. The fourth-order valence-corrected chi connectivity index (χ4v) is 2.87. The van der Waals surface area contributed by atoms with Crippen LogP contribution in [-0.2, 0) is 4.79 Å². The van der Waals surface area contributed by atoms with Crippen molar-refractivity contribution in [2.24, 2.45) is 0 Å². The van der Waals surface area contributed by atoms with Crippen molar-refractivity contribution in [2.45, 2.75) is 19.8 Å². The Labute approximate surface area is 142 Å². The Morgan fingerprint density at radius 1 is 0.875 bits per heavy atom. The summed E-state index contributed by atoms with van der Waals surface area (Å²) >= 11 is 0. The average Bonchev–Trinajstić information content (AvgIpc) is 2.60. The van der Waals surface area contributed by atoms with Crippen molar-refractivity contribution >= 4 is 28.1 Å². The van der Waals surface area contributed by atoms with Gasteiger partial charge in [0.15, 0.2) is 0 Å². The van der Waals surface area contributed by atoms with Gasteiger partial charge in [-0.25, -0.2) is 0 Å². The molecule has 0 aliphatic carbocycles. The van der Waals surface area contributed by atoms with Gasteiger partial charge in [0, 0.05) is 16.8 Å². The van der Waals surface area contributed by atoms with Gasteiger partial charge in [-0.3, -0.25) is 4.79 Å². The van der Waals surface area contributed by atoms with Gasteiger partial charge in [0.25, 0.3) is 0 Å². The highest BCUT2D eigenvalue weighted by atomic mass is 16.1. The molecule has 0 aliphatic rings. The standard InChI is InChI=1S/C21H22N2O/c1-15(2)17-10-5-6-12-19(17)22-14-21(24)23-20-13-7-9-16-8-3-4-11-18(16)20/h3-13,15,22H,14H2,1-2H3,(H,23,24). The van der Waals surface area contributed by atoms with E-state index in [2.05, 4.69) is 30.5 Å². The lowest BCUT2D eigenvalue weighted by molar-refractivity contribution is -0.114. The second kappa shape index (κ2) is 7.18. The van der Waals surface area contributed by atoms with E-state index in [1.807, 2.05) is 60.7 Å². The number of amides is 1. The highest BCUT2D eigenvalue weighted by molar-refractivity contribution is 6.03. The maximum absolute atomic E-state index is 12.3. The number of benzene rings is 3. The van der Waals surface area contributed by atoms with Crippen LogP contribution in [0.1, 0.15) is 25.3 Å². The second-order valence-corrected chi connectivity index (χ2v) is 6.17. The fourth-order valence-electron chi connectivity index (χ4n) is 2.87. The van der Waals surface area contributed by atoms with E-state index in [1.54, 1.807) is 0 Å². The van der Waals surface area contributed by atoms with E-state index >= 15 is 0 Å². The van der Waals surface area contributed by atoms with Crippen molar-refractivity contribution < 1.29 is 4.79 Å². The first-order chi connectivity index (χ1) is 11.6. The minimum absolute atomic E-state index is 0.0510. The molecule has 0 spiro atoms. The van der Waals surface area contributed by atoms with Crippen LogP contribution in [0.25, 0.3) is 10.8 Å². The van der Waals surface area contributed by atoms with Crippen molar-refractivity contribution in [1.82, 2.24) is 0 Å². The quantitative estimate of drug-likeness (QED) is 0.694. The summed E-state index contributed by atoms with van der Waals surface area (Å²) in [5, 5.41) is 8.42. The van der Waals surface area contributed by atoms with Gasteiger partial charge in [-0.2, -0.15) is 0 Å². The van der Waals surface area contributed by atoms with E-state index in [-0.39, 0.29) is 12.5 Å². The molecule has 122 valence electrons. The van der Waals surface area contributed by atoms with E-state index < -0.39 is 0 Å². The smallest absolute Gasteiger partial charge is 0.243 e. The molecule has 0 saturated heterocycles. The van der Waals surface area contributed by atoms with Crippen molar-refractivity contribution in [3.63, 3.8) is 0 Å². The number of fused-ring (bicyclic) bond motifs is 1. The molecule has 1 amide bonds. The van der Waals surface area contributed by atoms with Gasteiger partial charge in [-0.1, -0.05) is 68.4 Å². The predicted octanol–water partition coefficient (Wildman–Crippen LogP) is 5.01. The van der Waals surface area contributed by atoms with Crippen LogP contribution in [0.3, 0.4) is 0 Å².